The number of carbonyl (C=O) groups is 1. The molecule has 200 valence electrons. The number of aromatic amines is 1. The molecule has 0 radical (unpaired) electrons. The van der Waals surface area contributed by atoms with Gasteiger partial charge in [0.05, 0.1) is 17.8 Å². The van der Waals surface area contributed by atoms with Gasteiger partial charge < -0.3 is 14.9 Å². The normalized spacial score (nSPS) is 15.5. The van der Waals surface area contributed by atoms with E-state index in [1.165, 1.54) is 11.6 Å². The molecule has 10 heteroatoms. The molecular weight excluding hydrogens is 494 g/mol. The Morgan fingerprint density at radius 2 is 1.92 bits per heavy atom. The fourth-order valence-electron chi connectivity index (χ4n) is 5.46. The van der Waals surface area contributed by atoms with Crippen LogP contribution in [0.1, 0.15) is 47.2 Å². The van der Waals surface area contributed by atoms with E-state index in [0.29, 0.717) is 47.0 Å². The van der Waals surface area contributed by atoms with Crippen LogP contribution in [0.15, 0.2) is 46.2 Å². The van der Waals surface area contributed by atoms with Crippen LogP contribution in [-0.4, -0.2) is 40.4 Å². The number of hydrogen-bond acceptors (Lipinski definition) is 4. The lowest BCUT2D eigenvalue weighted by molar-refractivity contribution is 0.0951. The molecular formula is C29H31N7O3. The van der Waals surface area contributed by atoms with E-state index in [1.54, 1.807) is 10.8 Å². The molecule has 1 aromatic carbocycles. The maximum Gasteiger partial charge on any atom is 0.332 e. The van der Waals surface area contributed by atoms with Crippen LogP contribution in [0.2, 0.25) is 0 Å². The molecule has 0 atom stereocenters. The molecule has 1 amide bonds. The van der Waals surface area contributed by atoms with Crippen LogP contribution in [-0.2, 0) is 27.2 Å². The van der Waals surface area contributed by atoms with Crippen LogP contribution in [0, 0.1) is 12.8 Å². The summed E-state index contributed by atoms with van der Waals surface area (Å²) >= 11 is 0. The van der Waals surface area contributed by atoms with Gasteiger partial charge in [0.15, 0.2) is 5.65 Å². The van der Waals surface area contributed by atoms with E-state index in [0.717, 1.165) is 47.7 Å². The summed E-state index contributed by atoms with van der Waals surface area (Å²) in [6.45, 7) is 2.99. The number of carbonyl (C=O) groups excluding carboxylic acids is 1. The van der Waals surface area contributed by atoms with Gasteiger partial charge in [-0.2, -0.15) is 5.10 Å². The summed E-state index contributed by atoms with van der Waals surface area (Å²) in [7, 11) is 3.39. The third kappa shape index (κ3) is 4.02. The first-order valence-corrected chi connectivity index (χ1v) is 13.5. The van der Waals surface area contributed by atoms with Gasteiger partial charge in [-0.1, -0.05) is 11.6 Å². The molecule has 0 saturated heterocycles. The molecule has 0 bridgehead atoms. The second-order valence-corrected chi connectivity index (χ2v) is 11.2. The van der Waals surface area contributed by atoms with Crippen LogP contribution in [0.5, 0.6) is 0 Å². The number of nitrogens with one attached hydrogen (secondary N) is 2. The van der Waals surface area contributed by atoms with Crippen LogP contribution in [0.4, 0.5) is 0 Å². The number of aryl methyl sites for hydroxylation is 2. The number of benzene rings is 1. The van der Waals surface area contributed by atoms with Gasteiger partial charge in [0.25, 0.3) is 11.5 Å². The molecule has 4 aromatic heterocycles. The molecule has 7 rings (SSSR count). The van der Waals surface area contributed by atoms with Crippen LogP contribution in [0.3, 0.4) is 0 Å². The van der Waals surface area contributed by atoms with E-state index in [9.17, 15) is 14.4 Å². The van der Waals surface area contributed by atoms with Gasteiger partial charge in [0.1, 0.15) is 11.1 Å². The molecule has 2 N–H and O–H groups in total. The lowest BCUT2D eigenvalue weighted by atomic mass is 10.1. The van der Waals surface area contributed by atoms with Gasteiger partial charge >= 0.3 is 5.69 Å². The summed E-state index contributed by atoms with van der Waals surface area (Å²) in [4.78, 5) is 43.1. The zero-order valence-corrected chi connectivity index (χ0v) is 22.3. The third-order valence-corrected chi connectivity index (χ3v) is 8.03. The van der Waals surface area contributed by atoms with Gasteiger partial charge in [0.2, 0.25) is 0 Å². The van der Waals surface area contributed by atoms with E-state index in [4.69, 9.17) is 5.10 Å². The summed E-state index contributed by atoms with van der Waals surface area (Å²) in [5.41, 5.74) is 4.68. The van der Waals surface area contributed by atoms with Crippen LogP contribution < -0.4 is 16.6 Å². The number of nitrogens with zero attached hydrogens (tertiary/aromatic N) is 5. The van der Waals surface area contributed by atoms with Crippen molar-refractivity contribution in [2.24, 2.45) is 20.0 Å². The highest BCUT2D eigenvalue weighted by Crippen LogP contribution is 2.33. The van der Waals surface area contributed by atoms with Crippen molar-refractivity contribution in [3.05, 3.63) is 74.2 Å². The van der Waals surface area contributed by atoms with Gasteiger partial charge in [-0.05, 0) is 62.3 Å². The molecule has 10 nitrogen and oxygen atoms in total. The average Bonchev–Trinajstić information content (AvgIpc) is 3.81. The Labute approximate surface area is 223 Å². The van der Waals surface area contributed by atoms with E-state index in [-0.39, 0.29) is 23.2 Å². The number of rotatable bonds is 7. The lowest BCUT2D eigenvalue weighted by Crippen LogP contribution is -2.38. The minimum atomic E-state index is -0.386. The zero-order valence-electron chi connectivity index (χ0n) is 22.3. The molecule has 2 aliphatic carbocycles. The van der Waals surface area contributed by atoms with Crippen molar-refractivity contribution in [3.63, 3.8) is 0 Å². The standard InChI is InChI=1S/C29H31N7O3/c1-16-4-9-22-21(10-16)19(12-30-22)15-36-25(23-11-18(14-33(23)2)27(37)31-20-7-8-20)24-26(32-36)35(13-17-5-6-17)29(39)34(3)28(24)38/h4,9-12,14,17,20,30H,5-8,13,15H2,1-3H3,(H,31,37). The highest BCUT2D eigenvalue weighted by atomic mass is 16.2. The minimum absolute atomic E-state index is 0.125. The van der Waals surface area contributed by atoms with Gasteiger partial charge in [-0.3, -0.25) is 23.4 Å². The zero-order chi connectivity index (χ0) is 27.0. The average molecular weight is 526 g/mol. The van der Waals surface area contributed by atoms with Crippen LogP contribution in [0.25, 0.3) is 33.3 Å². The molecule has 2 aliphatic rings. The monoisotopic (exact) mass is 525 g/mol. The number of hydrogen-bond donors (Lipinski definition) is 2. The highest BCUT2D eigenvalue weighted by molar-refractivity contribution is 5.98. The van der Waals surface area contributed by atoms with E-state index in [1.807, 2.05) is 28.6 Å². The summed E-state index contributed by atoms with van der Waals surface area (Å²) in [6.07, 6.45) is 7.89. The van der Waals surface area contributed by atoms with Crippen molar-refractivity contribution < 1.29 is 4.79 Å². The number of H-pyrrole nitrogens is 1. The fraction of sp³-hybridized carbons (Fsp3) is 0.379. The Hall–Kier alpha value is -4.34. The predicted molar refractivity (Wildman–Crippen MR) is 149 cm³/mol. The van der Waals surface area contributed by atoms with Gasteiger partial charge in [0, 0.05) is 50.0 Å². The Balaban J connectivity index is 1.46. The number of fused-ring (bicyclic) bond motifs is 2. The van der Waals surface area contributed by atoms with Crippen molar-refractivity contribution >= 4 is 27.8 Å². The largest absolute Gasteiger partial charge is 0.361 e. The molecule has 4 heterocycles. The van der Waals surface area contributed by atoms with E-state index < -0.39 is 0 Å². The van der Waals surface area contributed by atoms with Crippen molar-refractivity contribution in [1.29, 1.82) is 0 Å². The van der Waals surface area contributed by atoms with Crippen molar-refractivity contribution in [2.75, 3.05) is 0 Å². The molecule has 2 fully saturated rings. The SMILES string of the molecule is Cc1ccc2[nH]cc(Cn3nc4c(c3-c3cc(C(=O)NC5CC5)cn3C)c(=O)n(C)c(=O)n4CC3CC3)c2c1. The fourth-order valence-corrected chi connectivity index (χ4v) is 5.46. The second kappa shape index (κ2) is 8.59. The molecule has 39 heavy (non-hydrogen) atoms. The molecule has 5 aromatic rings. The second-order valence-electron chi connectivity index (χ2n) is 11.2. The van der Waals surface area contributed by atoms with Gasteiger partial charge in [-0.25, -0.2) is 4.79 Å². The van der Waals surface area contributed by atoms with E-state index >= 15 is 0 Å². The number of aromatic nitrogens is 6. The number of amides is 1. The highest BCUT2D eigenvalue weighted by Gasteiger charge is 2.29. The minimum Gasteiger partial charge on any atom is -0.361 e. The first kappa shape index (κ1) is 23.8. The van der Waals surface area contributed by atoms with Crippen LogP contribution >= 0.6 is 0 Å². The first-order valence-electron chi connectivity index (χ1n) is 13.5. The summed E-state index contributed by atoms with van der Waals surface area (Å²) < 4.78 is 6.51. The van der Waals surface area contributed by atoms with Crippen molar-refractivity contribution in [1.82, 2.24) is 33.8 Å². The lowest BCUT2D eigenvalue weighted by Gasteiger charge is -2.09. The predicted octanol–water partition coefficient (Wildman–Crippen LogP) is 3.04. The molecule has 0 unspecified atom stereocenters. The van der Waals surface area contributed by atoms with Gasteiger partial charge in [-0.15, -0.1) is 0 Å². The molecule has 2 saturated carbocycles. The molecule has 0 aliphatic heterocycles. The quantitative estimate of drug-likeness (QED) is 0.340. The Morgan fingerprint density at radius 1 is 1.13 bits per heavy atom. The van der Waals surface area contributed by atoms with Crippen molar-refractivity contribution in [2.45, 2.75) is 51.7 Å². The van der Waals surface area contributed by atoms with Crippen molar-refractivity contribution in [3.8, 4) is 11.4 Å². The summed E-state index contributed by atoms with van der Waals surface area (Å²) in [6, 6.07) is 8.31. The molecule has 0 spiro atoms. The van der Waals surface area contributed by atoms with E-state index in [2.05, 4.69) is 35.4 Å². The maximum atomic E-state index is 13.7. The smallest absolute Gasteiger partial charge is 0.332 e. The summed E-state index contributed by atoms with van der Waals surface area (Å²) in [5, 5.41) is 9.45. The third-order valence-electron chi connectivity index (χ3n) is 8.03. The topological polar surface area (TPSA) is 112 Å². The summed E-state index contributed by atoms with van der Waals surface area (Å²) in [5.74, 6) is 0.293. The first-order chi connectivity index (χ1) is 18.8. The Morgan fingerprint density at radius 3 is 2.67 bits per heavy atom. The Bertz CT molecular complexity index is 1910. The Kier molecular flexibility index (Phi) is 5.23. The maximum absolute atomic E-state index is 13.7.